The molecule has 1 aromatic heterocycles. The minimum atomic E-state index is -0.0105. The van der Waals surface area contributed by atoms with Crippen molar-refractivity contribution in [1.29, 1.82) is 0 Å². The third kappa shape index (κ3) is 2.93. The van der Waals surface area contributed by atoms with Gasteiger partial charge >= 0.3 is 0 Å². The Bertz CT molecular complexity index is 537. The third-order valence-electron chi connectivity index (χ3n) is 3.66. The summed E-state index contributed by atoms with van der Waals surface area (Å²) >= 11 is 1.23. The van der Waals surface area contributed by atoms with Gasteiger partial charge in [-0.25, -0.2) is 0 Å². The number of aromatic nitrogens is 2. The second kappa shape index (κ2) is 6.22. The number of hydrogen-bond donors (Lipinski definition) is 0. The maximum atomic E-state index is 6.02. The van der Waals surface area contributed by atoms with Crippen molar-refractivity contribution in [2.75, 3.05) is 18.0 Å². The topological polar surface area (TPSA) is 38.3 Å². The zero-order valence-electron chi connectivity index (χ0n) is 11.7. The van der Waals surface area contributed by atoms with Gasteiger partial charge in [-0.15, -0.1) is 4.37 Å². The average molecular weight is 289 g/mol. The van der Waals surface area contributed by atoms with Crippen molar-refractivity contribution in [2.45, 2.75) is 32.3 Å². The number of rotatable bonds is 4. The van der Waals surface area contributed by atoms with Gasteiger partial charge in [0.2, 0.25) is 5.82 Å². The lowest BCUT2D eigenvalue weighted by molar-refractivity contribution is 0.219. The van der Waals surface area contributed by atoms with E-state index in [1.807, 2.05) is 18.2 Å². The Balaban J connectivity index is 1.73. The van der Waals surface area contributed by atoms with E-state index >= 15 is 0 Å². The van der Waals surface area contributed by atoms with Crippen LogP contribution < -0.4 is 9.64 Å². The summed E-state index contributed by atoms with van der Waals surface area (Å²) < 4.78 is 14.8. The molecule has 2 aromatic rings. The van der Waals surface area contributed by atoms with E-state index in [9.17, 15) is 0 Å². The SMILES string of the molecule is CC(Oc1nsnc1N1CCCCC1)c1ccccc1. The summed E-state index contributed by atoms with van der Waals surface area (Å²) in [6.45, 7) is 4.16. The average Bonchev–Trinajstić information content (AvgIpc) is 2.97. The van der Waals surface area contributed by atoms with Crippen molar-refractivity contribution in [3.8, 4) is 5.88 Å². The van der Waals surface area contributed by atoms with Crippen LogP contribution in [-0.4, -0.2) is 21.8 Å². The molecule has 1 atom stereocenters. The number of ether oxygens (including phenoxy) is 1. The number of nitrogens with zero attached hydrogens (tertiary/aromatic N) is 3. The van der Waals surface area contributed by atoms with Gasteiger partial charge in [0.05, 0.1) is 11.7 Å². The molecule has 20 heavy (non-hydrogen) atoms. The van der Waals surface area contributed by atoms with Crippen molar-refractivity contribution in [2.24, 2.45) is 0 Å². The molecule has 0 saturated carbocycles. The van der Waals surface area contributed by atoms with Gasteiger partial charge in [0.15, 0.2) is 0 Å². The molecule has 0 bridgehead atoms. The fraction of sp³-hybridized carbons (Fsp3) is 0.467. The molecule has 1 aromatic carbocycles. The summed E-state index contributed by atoms with van der Waals surface area (Å²) in [5, 5.41) is 0. The summed E-state index contributed by atoms with van der Waals surface area (Å²) in [6.07, 6.45) is 3.75. The van der Waals surface area contributed by atoms with E-state index in [1.54, 1.807) is 0 Å². The predicted octanol–water partition coefficient (Wildman–Crippen LogP) is 3.67. The first-order valence-electron chi connectivity index (χ1n) is 7.13. The Morgan fingerprint density at radius 1 is 1.10 bits per heavy atom. The van der Waals surface area contributed by atoms with Gasteiger partial charge in [0.1, 0.15) is 6.10 Å². The van der Waals surface area contributed by atoms with E-state index in [4.69, 9.17) is 4.74 Å². The Kier molecular flexibility index (Phi) is 4.16. The minimum Gasteiger partial charge on any atom is -0.467 e. The van der Waals surface area contributed by atoms with Crippen molar-refractivity contribution < 1.29 is 4.74 Å². The normalized spacial score (nSPS) is 16.9. The van der Waals surface area contributed by atoms with E-state index in [0.717, 1.165) is 24.5 Å². The first-order valence-corrected chi connectivity index (χ1v) is 7.87. The first-order chi connectivity index (χ1) is 9.84. The van der Waals surface area contributed by atoms with Gasteiger partial charge in [-0.3, -0.25) is 0 Å². The minimum absolute atomic E-state index is 0.0105. The molecule has 0 radical (unpaired) electrons. The van der Waals surface area contributed by atoms with Crippen LogP contribution in [0.3, 0.4) is 0 Å². The van der Waals surface area contributed by atoms with Crippen LogP contribution in [0.4, 0.5) is 5.82 Å². The van der Waals surface area contributed by atoms with Gasteiger partial charge in [-0.1, -0.05) is 30.3 Å². The van der Waals surface area contributed by atoms with Crippen LogP contribution in [0.5, 0.6) is 5.88 Å². The quantitative estimate of drug-likeness (QED) is 0.861. The lowest BCUT2D eigenvalue weighted by Crippen LogP contribution is -2.30. The van der Waals surface area contributed by atoms with Gasteiger partial charge < -0.3 is 9.64 Å². The fourth-order valence-corrected chi connectivity index (χ4v) is 3.02. The zero-order chi connectivity index (χ0) is 13.8. The summed E-state index contributed by atoms with van der Waals surface area (Å²) in [5.41, 5.74) is 1.16. The zero-order valence-corrected chi connectivity index (χ0v) is 12.5. The molecule has 2 heterocycles. The van der Waals surface area contributed by atoms with Crippen molar-refractivity contribution in [3.05, 3.63) is 35.9 Å². The first kappa shape index (κ1) is 13.4. The van der Waals surface area contributed by atoms with E-state index in [1.165, 1.54) is 31.0 Å². The molecule has 0 amide bonds. The number of piperidine rings is 1. The number of hydrogen-bond acceptors (Lipinski definition) is 5. The Labute approximate surface area is 123 Å². The monoisotopic (exact) mass is 289 g/mol. The Morgan fingerprint density at radius 3 is 2.60 bits per heavy atom. The molecule has 1 fully saturated rings. The maximum Gasteiger partial charge on any atom is 0.271 e. The highest BCUT2D eigenvalue weighted by molar-refractivity contribution is 6.99. The summed E-state index contributed by atoms with van der Waals surface area (Å²) in [5.74, 6) is 1.59. The van der Waals surface area contributed by atoms with E-state index in [-0.39, 0.29) is 6.10 Å². The van der Waals surface area contributed by atoms with Crippen LogP contribution in [0.2, 0.25) is 0 Å². The largest absolute Gasteiger partial charge is 0.467 e. The molecule has 3 rings (SSSR count). The number of anilines is 1. The van der Waals surface area contributed by atoms with Gasteiger partial charge in [0, 0.05) is 13.1 Å². The molecule has 106 valence electrons. The van der Waals surface area contributed by atoms with Crippen molar-refractivity contribution in [1.82, 2.24) is 8.75 Å². The van der Waals surface area contributed by atoms with Crippen LogP contribution in [0, 0.1) is 0 Å². The van der Waals surface area contributed by atoms with Crippen molar-refractivity contribution in [3.63, 3.8) is 0 Å². The van der Waals surface area contributed by atoms with E-state index in [2.05, 4.69) is 32.7 Å². The molecular formula is C15H19N3OS. The van der Waals surface area contributed by atoms with E-state index in [0.29, 0.717) is 5.88 Å². The lowest BCUT2D eigenvalue weighted by Gasteiger charge is -2.27. The highest BCUT2D eigenvalue weighted by Crippen LogP contribution is 2.31. The summed E-state index contributed by atoms with van der Waals surface area (Å²) in [7, 11) is 0. The molecule has 5 heteroatoms. The molecule has 1 aliphatic heterocycles. The predicted molar refractivity (Wildman–Crippen MR) is 81.5 cm³/mol. The van der Waals surface area contributed by atoms with Gasteiger partial charge in [-0.2, -0.15) is 4.37 Å². The van der Waals surface area contributed by atoms with Crippen LogP contribution in [0.1, 0.15) is 37.9 Å². The maximum absolute atomic E-state index is 6.02. The summed E-state index contributed by atoms with van der Waals surface area (Å²) in [6, 6.07) is 10.2. The van der Waals surface area contributed by atoms with Gasteiger partial charge in [-0.05, 0) is 31.7 Å². The van der Waals surface area contributed by atoms with Gasteiger partial charge in [0.25, 0.3) is 5.88 Å². The van der Waals surface area contributed by atoms with Crippen LogP contribution in [0.25, 0.3) is 0 Å². The molecule has 1 saturated heterocycles. The van der Waals surface area contributed by atoms with Crippen LogP contribution in [-0.2, 0) is 0 Å². The molecule has 0 spiro atoms. The third-order valence-corrected chi connectivity index (χ3v) is 4.16. The molecule has 1 unspecified atom stereocenters. The summed E-state index contributed by atoms with van der Waals surface area (Å²) in [4.78, 5) is 2.29. The Morgan fingerprint density at radius 2 is 1.85 bits per heavy atom. The molecular weight excluding hydrogens is 270 g/mol. The molecule has 4 nitrogen and oxygen atoms in total. The van der Waals surface area contributed by atoms with Crippen molar-refractivity contribution >= 4 is 17.5 Å². The second-order valence-electron chi connectivity index (χ2n) is 5.11. The number of benzene rings is 1. The molecule has 0 N–H and O–H groups in total. The van der Waals surface area contributed by atoms with Crippen LogP contribution in [0.15, 0.2) is 30.3 Å². The standard InChI is InChI=1S/C15H19N3OS/c1-12(13-8-4-2-5-9-13)19-15-14(16-20-17-15)18-10-6-3-7-11-18/h2,4-5,8-9,12H,3,6-7,10-11H2,1H3. The lowest BCUT2D eigenvalue weighted by atomic mass is 10.1. The van der Waals surface area contributed by atoms with E-state index < -0.39 is 0 Å². The highest BCUT2D eigenvalue weighted by atomic mass is 32.1. The molecule has 1 aliphatic rings. The Hall–Kier alpha value is -1.62. The highest BCUT2D eigenvalue weighted by Gasteiger charge is 2.21. The van der Waals surface area contributed by atoms with Crippen LogP contribution >= 0.6 is 11.7 Å². The smallest absolute Gasteiger partial charge is 0.271 e. The second-order valence-corrected chi connectivity index (χ2v) is 5.64. The molecule has 0 aliphatic carbocycles. The fourth-order valence-electron chi connectivity index (χ4n) is 2.51.